The first-order valence-corrected chi connectivity index (χ1v) is 14.5. The topological polar surface area (TPSA) is 64.7 Å². The molecule has 1 saturated heterocycles. The van der Waals surface area contributed by atoms with E-state index in [1.54, 1.807) is 59.7 Å². The summed E-state index contributed by atoms with van der Waals surface area (Å²) in [5, 5.41) is 6.44. The summed E-state index contributed by atoms with van der Waals surface area (Å²) < 4.78 is 0. The molecule has 3 aromatic carbocycles. The number of nitrogens with zero attached hydrogens (tertiary/aromatic N) is 2. The molecule has 1 aliphatic heterocycles. The third-order valence-electron chi connectivity index (χ3n) is 7.78. The normalized spacial score (nSPS) is 15.5. The number of piperazine rings is 1. The van der Waals surface area contributed by atoms with Gasteiger partial charge in [0.25, 0.3) is 11.8 Å². The number of anilines is 2. The summed E-state index contributed by atoms with van der Waals surface area (Å²) in [6.07, 6.45) is 7.11. The molecular formula is C32H37ClN4O2. The van der Waals surface area contributed by atoms with Gasteiger partial charge in [0.1, 0.15) is 0 Å². The number of halogens is 1. The lowest BCUT2D eigenvalue weighted by Gasteiger charge is -2.38. The Balaban J connectivity index is 0.988. The number of rotatable bonds is 9. The van der Waals surface area contributed by atoms with Crippen LogP contribution >= 0.6 is 11.6 Å². The minimum atomic E-state index is -0.218. The van der Waals surface area contributed by atoms with Crippen molar-refractivity contribution in [3.63, 3.8) is 0 Å². The standard InChI is InChI=1S/C32H37ClN4O2/c33-27-14-10-26(11-15-27)32(39)35-28-16-12-25(13-17-28)31(38)34-18-3-4-19-36-20-22-37(23-21-36)30-9-5-7-24-6-1-2-8-29(24)30/h5,7,9-17H,1-4,6,8,18-23H2,(H,34,38)(H,35,39). The number of hydrogen-bond acceptors (Lipinski definition) is 4. The molecule has 0 spiro atoms. The van der Waals surface area contributed by atoms with Crippen LogP contribution in [0.1, 0.15) is 57.5 Å². The SMILES string of the molecule is O=C(NCCCCN1CCN(c2cccc3c2CCCC3)CC1)c1ccc(NC(=O)c2ccc(Cl)cc2)cc1. The lowest BCUT2D eigenvalue weighted by molar-refractivity contribution is 0.0952. The molecule has 3 aromatic rings. The highest BCUT2D eigenvalue weighted by Gasteiger charge is 2.21. The predicted molar refractivity (Wildman–Crippen MR) is 159 cm³/mol. The lowest BCUT2D eigenvalue weighted by Crippen LogP contribution is -2.47. The van der Waals surface area contributed by atoms with Gasteiger partial charge in [0.2, 0.25) is 0 Å². The van der Waals surface area contributed by atoms with Gasteiger partial charge in [0, 0.05) is 60.2 Å². The first-order chi connectivity index (χ1) is 19.1. The minimum absolute atomic E-state index is 0.0922. The molecule has 2 aliphatic rings. The van der Waals surface area contributed by atoms with Crippen LogP contribution in [0.3, 0.4) is 0 Å². The van der Waals surface area contributed by atoms with Crippen LogP contribution in [0.5, 0.6) is 0 Å². The molecule has 5 rings (SSSR count). The Labute approximate surface area is 236 Å². The van der Waals surface area contributed by atoms with E-state index in [4.69, 9.17) is 11.6 Å². The van der Waals surface area contributed by atoms with E-state index < -0.39 is 0 Å². The third-order valence-corrected chi connectivity index (χ3v) is 8.03. The Morgan fingerprint density at radius 2 is 1.46 bits per heavy atom. The van der Waals surface area contributed by atoms with E-state index in [0.29, 0.717) is 28.4 Å². The zero-order valence-electron chi connectivity index (χ0n) is 22.4. The van der Waals surface area contributed by atoms with Crippen LogP contribution in [0.25, 0.3) is 0 Å². The highest BCUT2D eigenvalue weighted by atomic mass is 35.5. The first-order valence-electron chi connectivity index (χ1n) is 14.1. The fraction of sp³-hybridized carbons (Fsp3) is 0.375. The van der Waals surface area contributed by atoms with Gasteiger partial charge in [0.15, 0.2) is 0 Å². The zero-order valence-corrected chi connectivity index (χ0v) is 23.2. The lowest BCUT2D eigenvalue weighted by atomic mass is 9.90. The Kier molecular flexibility index (Phi) is 9.17. The maximum absolute atomic E-state index is 12.5. The van der Waals surface area contributed by atoms with Crippen molar-refractivity contribution < 1.29 is 9.59 Å². The maximum atomic E-state index is 12.5. The van der Waals surface area contributed by atoms with E-state index in [-0.39, 0.29) is 11.8 Å². The molecule has 0 unspecified atom stereocenters. The van der Waals surface area contributed by atoms with Crippen molar-refractivity contribution in [2.75, 3.05) is 49.5 Å². The van der Waals surface area contributed by atoms with Crippen molar-refractivity contribution in [1.82, 2.24) is 10.2 Å². The predicted octanol–water partition coefficient (Wildman–Crippen LogP) is 5.80. The summed E-state index contributed by atoms with van der Waals surface area (Å²) in [7, 11) is 0. The number of unbranched alkanes of at least 4 members (excludes halogenated alkanes) is 1. The minimum Gasteiger partial charge on any atom is -0.369 e. The van der Waals surface area contributed by atoms with Crippen molar-refractivity contribution in [3.05, 3.63) is 94.0 Å². The number of carbonyl (C=O) groups excluding carboxylic acids is 2. The summed E-state index contributed by atoms with van der Waals surface area (Å²) >= 11 is 5.88. The van der Waals surface area contributed by atoms with Crippen LogP contribution in [0.15, 0.2) is 66.7 Å². The molecule has 204 valence electrons. The number of benzene rings is 3. The Hall–Kier alpha value is -3.35. The maximum Gasteiger partial charge on any atom is 0.255 e. The molecule has 39 heavy (non-hydrogen) atoms. The van der Waals surface area contributed by atoms with E-state index in [9.17, 15) is 9.59 Å². The molecule has 1 fully saturated rings. The summed E-state index contributed by atoms with van der Waals surface area (Å²) in [5.41, 5.74) is 6.35. The van der Waals surface area contributed by atoms with Gasteiger partial charge in [0.05, 0.1) is 0 Å². The van der Waals surface area contributed by atoms with Gasteiger partial charge in [-0.15, -0.1) is 0 Å². The average Bonchev–Trinajstić information content (AvgIpc) is 2.97. The van der Waals surface area contributed by atoms with Crippen LogP contribution in [0, 0.1) is 0 Å². The second-order valence-corrected chi connectivity index (χ2v) is 10.9. The van der Waals surface area contributed by atoms with Crippen LogP contribution in [-0.4, -0.2) is 56.0 Å². The highest BCUT2D eigenvalue weighted by molar-refractivity contribution is 6.30. The van der Waals surface area contributed by atoms with Gasteiger partial charge in [-0.3, -0.25) is 14.5 Å². The van der Waals surface area contributed by atoms with Crippen molar-refractivity contribution in [3.8, 4) is 0 Å². The van der Waals surface area contributed by atoms with Gasteiger partial charge < -0.3 is 15.5 Å². The van der Waals surface area contributed by atoms with E-state index in [0.717, 1.165) is 45.6 Å². The fourth-order valence-corrected chi connectivity index (χ4v) is 5.67. The fourth-order valence-electron chi connectivity index (χ4n) is 5.54. The summed E-state index contributed by atoms with van der Waals surface area (Å²) in [6, 6.07) is 20.5. The zero-order chi connectivity index (χ0) is 27.0. The van der Waals surface area contributed by atoms with Crippen LogP contribution in [-0.2, 0) is 12.8 Å². The number of nitrogens with one attached hydrogen (secondary N) is 2. The van der Waals surface area contributed by atoms with Gasteiger partial charge in [-0.05, 0) is 111 Å². The monoisotopic (exact) mass is 544 g/mol. The molecule has 6 nitrogen and oxygen atoms in total. The van der Waals surface area contributed by atoms with Gasteiger partial charge in [-0.2, -0.15) is 0 Å². The van der Waals surface area contributed by atoms with E-state index in [1.165, 1.54) is 31.4 Å². The number of carbonyl (C=O) groups is 2. The molecule has 0 saturated carbocycles. The summed E-state index contributed by atoms with van der Waals surface area (Å²) in [6.45, 7) is 6.09. The first kappa shape index (κ1) is 27.2. The van der Waals surface area contributed by atoms with Gasteiger partial charge >= 0.3 is 0 Å². The molecule has 1 aliphatic carbocycles. The van der Waals surface area contributed by atoms with Crippen molar-refractivity contribution in [1.29, 1.82) is 0 Å². The molecule has 1 heterocycles. The summed E-state index contributed by atoms with van der Waals surface area (Å²) in [5.74, 6) is -0.311. The van der Waals surface area contributed by atoms with Crippen LogP contribution in [0.4, 0.5) is 11.4 Å². The molecule has 0 bridgehead atoms. The Morgan fingerprint density at radius 3 is 2.23 bits per heavy atom. The van der Waals surface area contributed by atoms with E-state index >= 15 is 0 Å². The molecule has 2 N–H and O–H groups in total. The van der Waals surface area contributed by atoms with E-state index in [2.05, 4.69) is 38.6 Å². The Morgan fingerprint density at radius 1 is 0.769 bits per heavy atom. The summed E-state index contributed by atoms with van der Waals surface area (Å²) in [4.78, 5) is 30.0. The molecule has 0 aromatic heterocycles. The quantitative estimate of drug-likeness (QED) is 0.334. The molecule has 0 atom stereocenters. The largest absolute Gasteiger partial charge is 0.369 e. The van der Waals surface area contributed by atoms with Crippen molar-refractivity contribution in [2.24, 2.45) is 0 Å². The van der Waals surface area contributed by atoms with Crippen LogP contribution in [0.2, 0.25) is 5.02 Å². The second-order valence-electron chi connectivity index (χ2n) is 10.5. The number of amides is 2. The third kappa shape index (κ3) is 7.20. The smallest absolute Gasteiger partial charge is 0.255 e. The number of hydrogen-bond donors (Lipinski definition) is 2. The van der Waals surface area contributed by atoms with E-state index in [1.807, 2.05) is 0 Å². The van der Waals surface area contributed by atoms with Gasteiger partial charge in [-0.25, -0.2) is 0 Å². The van der Waals surface area contributed by atoms with Crippen molar-refractivity contribution in [2.45, 2.75) is 38.5 Å². The molecular weight excluding hydrogens is 508 g/mol. The number of aryl methyl sites for hydroxylation is 1. The molecule has 2 amide bonds. The molecule has 0 radical (unpaired) electrons. The average molecular weight is 545 g/mol. The van der Waals surface area contributed by atoms with Crippen molar-refractivity contribution >= 4 is 34.8 Å². The number of fused-ring (bicyclic) bond motifs is 1. The Bertz CT molecular complexity index is 1270. The second kappa shape index (κ2) is 13.1. The van der Waals surface area contributed by atoms with Gasteiger partial charge in [-0.1, -0.05) is 23.7 Å². The molecule has 7 heteroatoms. The highest BCUT2D eigenvalue weighted by Crippen LogP contribution is 2.31. The van der Waals surface area contributed by atoms with Crippen LogP contribution < -0.4 is 15.5 Å².